The van der Waals surface area contributed by atoms with E-state index in [9.17, 15) is 14.0 Å². The van der Waals surface area contributed by atoms with Crippen molar-refractivity contribution in [2.45, 2.75) is 13.3 Å². The maximum Gasteiger partial charge on any atom is 0.337 e. The number of aromatic carboxylic acids is 1. The molecule has 2 N–H and O–H groups in total. The first-order chi connectivity index (χ1) is 10.0. The quantitative estimate of drug-likeness (QED) is 0.906. The first-order valence-corrected chi connectivity index (χ1v) is 6.44. The second-order valence-corrected chi connectivity index (χ2v) is 4.50. The predicted molar refractivity (Wildman–Crippen MR) is 77.1 cm³/mol. The Balaban J connectivity index is 2.24. The molecule has 0 bridgehead atoms. The molecule has 0 heterocycles. The number of anilines is 1. The van der Waals surface area contributed by atoms with Crippen molar-refractivity contribution in [1.82, 2.24) is 0 Å². The van der Waals surface area contributed by atoms with Crippen molar-refractivity contribution in [3.63, 3.8) is 0 Å². The van der Waals surface area contributed by atoms with E-state index in [1.54, 1.807) is 12.1 Å². The summed E-state index contributed by atoms with van der Waals surface area (Å²) in [5, 5.41) is 11.5. The van der Waals surface area contributed by atoms with Crippen molar-refractivity contribution < 1.29 is 19.1 Å². The molecule has 108 valence electrons. The van der Waals surface area contributed by atoms with Gasteiger partial charge in [-0.25, -0.2) is 9.18 Å². The molecule has 0 aromatic heterocycles. The highest BCUT2D eigenvalue weighted by Gasteiger charge is 2.14. The van der Waals surface area contributed by atoms with E-state index in [4.69, 9.17) is 5.11 Å². The predicted octanol–water partition coefficient (Wildman–Crippen LogP) is 3.34. The number of hydrogen-bond acceptors (Lipinski definition) is 2. The number of amides is 1. The molecule has 0 spiro atoms. The minimum absolute atomic E-state index is 0.0634. The second kappa shape index (κ2) is 6.17. The fourth-order valence-corrected chi connectivity index (χ4v) is 1.89. The molecule has 2 aromatic rings. The minimum atomic E-state index is -1.30. The smallest absolute Gasteiger partial charge is 0.337 e. The third-order valence-corrected chi connectivity index (χ3v) is 3.08. The van der Waals surface area contributed by atoms with E-state index in [1.165, 1.54) is 6.07 Å². The Morgan fingerprint density at radius 3 is 2.38 bits per heavy atom. The number of halogens is 1. The first-order valence-electron chi connectivity index (χ1n) is 6.44. The standard InChI is InChI=1S/C16H14FNO3/c1-2-10-3-5-11(6-4-10)15(19)18-14-8-7-12(17)9-13(14)16(20)21/h3-9H,2H2,1H3,(H,18,19)(H,20,21). The highest BCUT2D eigenvalue weighted by Crippen LogP contribution is 2.18. The van der Waals surface area contributed by atoms with Gasteiger partial charge in [-0.3, -0.25) is 4.79 Å². The van der Waals surface area contributed by atoms with Crippen LogP contribution in [0.1, 0.15) is 33.2 Å². The Kier molecular flexibility index (Phi) is 4.33. The van der Waals surface area contributed by atoms with Crippen LogP contribution in [0, 0.1) is 5.82 Å². The molecule has 21 heavy (non-hydrogen) atoms. The molecule has 5 heteroatoms. The van der Waals surface area contributed by atoms with Crippen molar-refractivity contribution in [3.8, 4) is 0 Å². The maximum absolute atomic E-state index is 13.1. The molecule has 0 saturated carbocycles. The summed E-state index contributed by atoms with van der Waals surface area (Å²) in [5.41, 5.74) is 1.29. The Bertz CT molecular complexity index is 680. The van der Waals surface area contributed by atoms with Gasteiger partial charge >= 0.3 is 5.97 Å². The van der Waals surface area contributed by atoms with Gasteiger partial charge in [0.15, 0.2) is 0 Å². The maximum atomic E-state index is 13.1. The van der Waals surface area contributed by atoms with E-state index >= 15 is 0 Å². The number of carbonyl (C=O) groups is 2. The van der Waals surface area contributed by atoms with Crippen molar-refractivity contribution in [1.29, 1.82) is 0 Å². The van der Waals surface area contributed by atoms with E-state index in [0.29, 0.717) is 5.56 Å². The van der Waals surface area contributed by atoms with Crippen LogP contribution in [-0.2, 0) is 6.42 Å². The zero-order valence-corrected chi connectivity index (χ0v) is 11.4. The van der Waals surface area contributed by atoms with Crippen LogP contribution in [0.15, 0.2) is 42.5 Å². The average molecular weight is 287 g/mol. The first kappa shape index (κ1) is 14.7. The lowest BCUT2D eigenvalue weighted by Gasteiger charge is -2.09. The van der Waals surface area contributed by atoms with Crippen LogP contribution in [0.3, 0.4) is 0 Å². The number of aryl methyl sites for hydroxylation is 1. The number of rotatable bonds is 4. The SMILES string of the molecule is CCc1ccc(C(=O)Nc2ccc(F)cc2C(=O)O)cc1. The van der Waals surface area contributed by atoms with Crippen molar-refractivity contribution in [3.05, 3.63) is 65.0 Å². The Hall–Kier alpha value is -2.69. The van der Waals surface area contributed by atoms with Gasteiger partial charge in [-0.05, 0) is 42.3 Å². The Labute approximate surface area is 121 Å². The summed E-state index contributed by atoms with van der Waals surface area (Å²) in [6, 6.07) is 10.2. The third kappa shape index (κ3) is 3.45. The lowest BCUT2D eigenvalue weighted by molar-refractivity contribution is 0.0697. The van der Waals surface area contributed by atoms with E-state index in [-0.39, 0.29) is 11.3 Å². The van der Waals surface area contributed by atoms with E-state index < -0.39 is 17.7 Å². The minimum Gasteiger partial charge on any atom is -0.478 e. The number of carbonyl (C=O) groups excluding carboxylic acids is 1. The van der Waals surface area contributed by atoms with E-state index in [2.05, 4.69) is 5.32 Å². The van der Waals surface area contributed by atoms with Crippen LogP contribution in [0.4, 0.5) is 10.1 Å². The number of benzene rings is 2. The number of carboxylic acids is 1. The van der Waals surface area contributed by atoms with Crippen molar-refractivity contribution in [2.75, 3.05) is 5.32 Å². The molecular formula is C16H14FNO3. The van der Waals surface area contributed by atoms with Gasteiger partial charge in [0.2, 0.25) is 0 Å². The summed E-state index contributed by atoms with van der Waals surface area (Å²) in [5.74, 6) is -2.41. The topological polar surface area (TPSA) is 66.4 Å². The van der Waals surface area contributed by atoms with E-state index in [1.807, 2.05) is 19.1 Å². The summed E-state index contributed by atoms with van der Waals surface area (Å²) in [6.45, 7) is 2.01. The molecule has 0 aliphatic heterocycles. The lowest BCUT2D eigenvalue weighted by atomic mass is 10.1. The van der Waals surface area contributed by atoms with E-state index in [0.717, 1.165) is 24.1 Å². The molecule has 2 aromatic carbocycles. The average Bonchev–Trinajstić information content (AvgIpc) is 2.49. The van der Waals surface area contributed by atoms with Crippen LogP contribution < -0.4 is 5.32 Å². The van der Waals surface area contributed by atoms with Gasteiger partial charge in [-0.2, -0.15) is 0 Å². The van der Waals surface area contributed by atoms with Crippen LogP contribution in [-0.4, -0.2) is 17.0 Å². The zero-order chi connectivity index (χ0) is 15.4. The van der Waals surface area contributed by atoms with Crippen molar-refractivity contribution in [2.24, 2.45) is 0 Å². The van der Waals surface area contributed by atoms with Gasteiger partial charge in [0, 0.05) is 5.56 Å². The fraction of sp³-hybridized carbons (Fsp3) is 0.125. The van der Waals surface area contributed by atoms with Crippen molar-refractivity contribution >= 4 is 17.6 Å². The normalized spacial score (nSPS) is 10.2. The summed E-state index contributed by atoms with van der Waals surface area (Å²) in [4.78, 5) is 23.1. The molecule has 0 unspecified atom stereocenters. The summed E-state index contributed by atoms with van der Waals surface area (Å²) < 4.78 is 13.1. The molecular weight excluding hydrogens is 273 g/mol. The molecule has 0 atom stereocenters. The van der Waals surface area contributed by atoms with Gasteiger partial charge in [0.1, 0.15) is 5.82 Å². The second-order valence-electron chi connectivity index (χ2n) is 4.50. The highest BCUT2D eigenvalue weighted by molar-refractivity contribution is 6.07. The van der Waals surface area contributed by atoms with Crippen LogP contribution in [0.2, 0.25) is 0 Å². The lowest BCUT2D eigenvalue weighted by Crippen LogP contribution is -2.15. The molecule has 0 saturated heterocycles. The molecule has 0 fully saturated rings. The van der Waals surface area contributed by atoms with Crippen LogP contribution in [0.25, 0.3) is 0 Å². The largest absolute Gasteiger partial charge is 0.478 e. The summed E-state index contributed by atoms with van der Waals surface area (Å²) >= 11 is 0. The Morgan fingerprint density at radius 2 is 1.81 bits per heavy atom. The van der Waals surface area contributed by atoms with Gasteiger partial charge in [-0.15, -0.1) is 0 Å². The number of nitrogens with one attached hydrogen (secondary N) is 1. The Morgan fingerprint density at radius 1 is 1.14 bits per heavy atom. The monoisotopic (exact) mass is 287 g/mol. The molecule has 2 rings (SSSR count). The fourth-order valence-electron chi connectivity index (χ4n) is 1.89. The van der Waals surface area contributed by atoms with Gasteiger partial charge < -0.3 is 10.4 Å². The molecule has 0 aliphatic carbocycles. The molecule has 0 aliphatic rings. The molecule has 0 radical (unpaired) electrons. The van der Waals surface area contributed by atoms with Gasteiger partial charge in [0.05, 0.1) is 11.3 Å². The summed E-state index contributed by atoms with van der Waals surface area (Å²) in [6.07, 6.45) is 0.864. The molecule has 1 amide bonds. The third-order valence-electron chi connectivity index (χ3n) is 3.08. The zero-order valence-electron chi connectivity index (χ0n) is 11.4. The number of hydrogen-bond donors (Lipinski definition) is 2. The highest BCUT2D eigenvalue weighted by atomic mass is 19.1. The van der Waals surface area contributed by atoms with Gasteiger partial charge in [0.25, 0.3) is 5.91 Å². The molecule has 4 nitrogen and oxygen atoms in total. The van der Waals surface area contributed by atoms with Gasteiger partial charge in [-0.1, -0.05) is 19.1 Å². The number of carboxylic acid groups (broad SMARTS) is 1. The van der Waals surface area contributed by atoms with Crippen LogP contribution in [0.5, 0.6) is 0 Å². The summed E-state index contributed by atoms with van der Waals surface area (Å²) in [7, 11) is 0. The van der Waals surface area contributed by atoms with Crippen LogP contribution >= 0.6 is 0 Å².